The number of carbonyl (C=O) groups excluding carboxylic acids is 1. The SMILES string of the molecule is CCCCCC/C=C/C(O)C(COP(=O)([O-])OCC[N+](C)(C)C)NC(=O)CCCCCCCCCCC. The second-order valence-electron chi connectivity index (χ2n) is 11.1. The second kappa shape index (κ2) is 22.1. The van der Waals surface area contributed by atoms with Crippen LogP contribution in [0.15, 0.2) is 12.2 Å². The van der Waals surface area contributed by atoms with Gasteiger partial charge in [-0.1, -0.05) is 96.6 Å². The Bertz CT molecular complexity index is 639. The van der Waals surface area contributed by atoms with Gasteiger partial charge in [0.25, 0.3) is 7.82 Å². The van der Waals surface area contributed by atoms with Crippen LogP contribution in [-0.4, -0.2) is 68.5 Å². The van der Waals surface area contributed by atoms with Crippen molar-refractivity contribution in [2.24, 2.45) is 0 Å². The lowest BCUT2D eigenvalue weighted by Gasteiger charge is -2.29. The Morgan fingerprint density at radius 3 is 2.03 bits per heavy atom. The first-order valence-corrected chi connectivity index (χ1v) is 16.0. The van der Waals surface area contributed by atoms with E-state index in [-0.39, 0.29) is 19.1 Å². The molecule has 220 valence electrons. The van der Waals surface area contributed by atoms with Crippen molar-refractivity contribution in [3.05, 3.63) is 12.2 Å². The molecule has 1 amide bonds. The van der Waals surface area contributed by atoms with Crippen LogP contribution in [0, 0.1) is 0 Å². The molecule has 0 radical (unpaired) electrons. The molecule has 0 aromatic heterocycles. The fourth-order valence-corrected chi connectivity index (χ4v) is 4.52. The number of likely N-dealkylation sites (N-methyl/N-ethyl adjacent to an activating group) is 1. The van der Waals surface area contributed by atoms with E-state index in [0.717, 1.165) is 44.9 Å². The van der Waals surface area contributed by atoms with Crippen molar-refractivity contribution >= 4 is 13.7 Å². The Morgan fingerprint density at radius 2 is 1.46 bits per heavy atom. The highest BCUT2D eigenvalue weighted by atomic mass is 31.2. The molecular weight excluding hydrogens is 491 g/mol. The Kier molecular flexibility index (Phi) is 21.6. The number of nitrogens with zero attached hydrogens (tertiary/aromatic N) is 1. The van der Waals surface area contributed by atoms with Gasteiger partial charge in [0.1, 0.15) is 13.2 Å². The van der Waals surface area contributed by atoms with E-state index in [9.17, 15) is 19.4 Å². The van der Waals surface area contributed by atoms with Gasteiger partial charge in [-0.3, -0.25) is 9.36 Å². The summed E-state index contributed by atoms with van der Waals surface area (Å²) in [5.74, 6) is -0.210. The number of rotatable bonds is 25. The molecule has 0 spiro atoms. The van der Waals surface area contributed by atoms with Crippen LogP contribution < -0.4 is 10.2 Å². The fourth-order valence-electron chi connectivity index (χ4n) is 3.79. The van der Waals surface area contributed by atoms with Crippen molar-refractivity contribution in [2.45, 2.75) is 122 Å². The second-order valence-corrected chi connectivity index (χ2v) is 12.5. The molecule has 0 aromatic rings. The van der Waals surface area contributed by atoms with E-state index < -0.39 is 20.0 Å². The number of unbranched alkanes of at least 4 members (excludes halogenated alkanes) is 12. The molecule has 2 N–H and O–H groups in total. The molecule has 0 fully saturated rings. The Labute approximate surface area is 227 Å². The van der Waals surface area contributed by atoms with Gasteiger partial charge in [0.2, 0.25) is 5.91 Å². The highest BCUT2D eigenvalue weighted by Gasteiger charge is 2.23. The maximum absolute atomic E-state index is 12.5. The minimum absolute atomic E-state index is 0.000123. The number of phosphoric acid groups is 1. The van der Waals surface area contributed by atoms with E-state index in [1.54, 1.807) is 6.08 Å². The predicted molar refractivity (Wildman–Crippen MR) is 150 cm³/mol. The molecular formula is C28H57N2O6P. The number of amides is 1. The van der Waals surface area contributed by atoms with Crippen LogP contribution in [-0.2, 0) is 18.4 Å². The van der Waals surface area contributed by atoms with Gasteiger partial charge in [0.05, 0.1) is 39.9 Å². The largest absolute Gasteiger partial charge is 0.756 e. The van der Waals surface area contributed by atoms with Gasteiger partial charge in [-0.25, -0.2) is 0 Å². The predicted octanol–water partition coefficient (Wildman–Crippen LogP) is 5.49. The van der Waals surface area contributed by atoms with E-state index >= 15 is 0 Å². The number of hydrogen-bond donors (Lipinski definition) is 2. The first-order valence-electron chi connectivity index (χ1n) is 14.6. The lowest BCUT2D eigenvalue weighted by Crippen LogP contribution is -2.45. The lowest BCUT2D eigenvalue weighted by molar-refractivity contribution is -0.870. The van der Waals surface area contributed by atoms with Gasteiger partial charge in [-0.15, -0.1) is 0 Å². The molecule has 3 atom stereocenters. The molecule has 37 heavy (non-hydrogen) atoms. The molecule has 0 bridgehead atoms. The van der Waals surface area contributed by atoms with Crippen LogP contribution in [0.2, 0.25) is 0 Å². The van der Waals surface area contributed by atoms with Crippen molar-refractivity contribution < 1.29 is 32.9 Å². The first-order chi connectivity index (χ1) is 17.5. The molecule has 0 saturated heterocycles. The van der Waals surface area contributed by atoms with E-state index in [2.05, 4.69) is 19.2 Å². The maximum Gasteiger partial charge on any atom is 0.268 e. The van der Waals surface area contributed by atoms with E-state index in [4.69, 9.17) is 9.05 Å². The fraction of sp³-hybridized carbons (Fsp3) is 0.893. The Hall–Kier alpha value is -0.760. The molecule has 0 rings (SSSR count). The minimum atomic E-state index is -4.55. The highest BCUT2D eigenvalue weighted by molar-refractivity contribution is 7.45. The zero-order valence-corrected chi connectivity index (χ0v) is 25.3. The third kappa shape index (κ3) is 24.0. The van der Waals surface area contributed by atoms with E-state index in [1.165, 1.54) is 44.9 Å². The van der Waals surface area contributed by atoms with Crippen LogP contribution in [0.25, 0.3) is 0 Å². The van der Waals surface area contributed by atoms with E-state index in [0.29, 0.717) is 17.4 Å². The number of phosphoric ester groups is 1. The summed E-state index contributed by atoms with van der Waals surface area (Å²) in [6, 6.07) is -0.873. The molecule has 0 heterocycles. The van der Waals surface area contributed by atoms with E-state index in [1.807, 2.05) is 27.2 Å². The number of nitrogens with one attached hydrogen (secondary N) is 1. The smallest absolute Gasteiger partial charge is 0.268 e. The summed E-state index contributed by atoms with van der Waals surface area (Å²) in [7, 11) is 1.25. The van der Waals surface area contributed by atoms with Crippen LogP contribution in [0.4, 0.5) is 0 Å². The topological polar surface area (TPSA) is 108 Å². The summed E-state index contributed by atoms with van der Waals surface area (Å²) in [5, 5.41) is 13.4. The summed E-state index contributed by atoms with van der Waals surface area (Å²) in [5.41, 5.74) is 0. The third-order valence-corrected chi connectivity index (χ3v) is 7.21. The zero-order valence-electron chi connectivity index (χ0n) is 24.4. The van der Waals surface area contributed by atoms with Gasteiger partial charge in [-0.2, -0.15) is 0 Å². The normalized spacial score (nSPS) is 15.5. The maximum atomic E-state index is 12.5. The molecule has 0 aliphatic heterocycles. The van der Waals surface area contributed by atoms with Crippen LogP contribution in [0.3, 0.4) is 0 Å². The van der Waals surface area contributed by atoms with Gasteiger partial charge in [-0.05, 0) is 19.3 Å². The van der Waals surface area contributed by atoms with Gasteiger partial charge >= 0.3 is 0 Å². The molecule has 0 aromatic carbocycles. The van der Waals surface area contributed by atoms with Crippen molar-refractivity contribution in [2.75, 3.05) is 40.9 Å². The van der Waals surface area contributed by atoms with Crippen molar-refractivity contribution in [1.29, 1.82) is 0 Å². The van der Waals surface area contributed by atoms with Crippen LogP contribution in [0.1, 0.15) is 110 Å². The number of carbonyl (C=O) groups is 1. The molecule has 0 aliphatic carbocycles. The van der Waals surface area contributed by atoms with Gasteiger partial charge in [0, 0.05) is 6.42 Å². The first kappa shape index (κ1) is 36.2. The minimum Gasteiger partial charge on any atom is -0.756 e. The summed E-state index contributed by atoms with van der Waals surface area (Å²) in [4.78, 5) is 24.7. The molecule has 9 heteroatoms. The van der Waals surface area contributed by atoms with Gasteiger partial charge in [0.15, 0.2) is 0 Å². The highest BCUT2D eigenvalue weighted by Crippen LogP contribution is 2.38. The summed E-state index contributed by atoms with van der Waals surface area (Å²) < 4.78 is 22.8. The number of hydrogen-bond acceptors (Lipinski definition) is 6. The van der Waals surface area contributed by atoms with Crippen molar-refractivity contribution in [1.82, 2.24) is 5.32 Å². The van der Waals surface area contributed by atoms with Crippen molar-refractivity contribution in [3.63, 3.8) is 0 Å². The number of allylic oxidation sites excluding steroid dienone is 1. The summed E-state index contributed by atoms with van der Waals surface area (Å²) in [6.45, 7) is 4.49. The third-order valence-electron chi connectivity index (χ3n) is 6.25. The van der Waals surface area contributed by atoms with Gasteiger partial charge < -0.3 is 28.8 Å². The zero-order chi connectivity index (χ0) is 28.0. The molecule has 3 unspecified atom stereocenters. The number of aliphatic hydroxyl groups is 1. The Balaban J connectivity index is 4.66. The Morgan fingerprint density at radius 1 is 0.919 bits per heavy atom. The van der Waals surface area contributed by atoms with Crippen molar-refractivity contribution in [3.8, 4) is 0 Å². The quantitative estimate of drug-likeness (QED) is 0.0676. The van der Waals surface area contributed by atoms with Crippen LogP contribution >= 0.6 is 7.82 Å². The number of quaternary nitrogens is 1. The molecule has 0 saturated carbocycles. The summed E-state index contributed by atoms with van der Waals surface area (Å²) >= 11 is 0. The monoisotopic (exact) mass is 548 g/mol. The molecule has 8 nitrogen and oxygen atoms in total. The molecule has 0 aliphatic rings. The lowest BCUT2D eigenvalue weighted by atomic mass is 10.1. The van der Waals surface area contributed by atoms with Crippen LogP contribution in [0.5, 0.6) is 0 Å². The average Bonchev–Trinajstić information content (AvgIpc) is 2.81. The summed E-state index contributed by atoms with van der Waals surface area (Å²) in [6.07, 6.45) is 18.5. The average molecular weight is 549 g/mol. The number of aliphatic hydroxyl groups excluding tert-OH is 1. The standard InChI is InChI=1S/C28H57N2O6P/c1-6-8-10-12-14-15-16-18-20-22-28(32)29-26(27(31)21-19-17-13-11-9-7-2)25-36-37(33,34)35-24-23-30(3,4)5/h19,21,26-27,31H,6-18,20,22-25H2,1-5H3,(H-,29,32,33,34)/b21-19+.